The Morgan fingerprint density at radius 1 is 0.781 bits per heavy atom. The second-order valence-corrected chi connectivity index (χ2v) is 10.6. The number of aryl methyl sites for hydroxylation is 1. The molecule has 2 aromatic carbocycles. The molecule has 4 aromatic rings. The van der Waals surface area contributed by atoms with E-state index in [-0.39, 0.29) is 10.8 Å². The molecule has 0 saturated carbocycles. The summed E-state index contributed by atoms with van der Waals surface area (Å²) in [4.78, 5) is 19.2. The van der Waals surface area contributed by atoms with Crippen molar-refractivity contribution in [2.75, 3.05) is 0 Å². The van der Waals surface area contributed by atoms with Crippen molar-refractivity contribution < 1.29 is 4.74 Å². The average molecular weight is 425 g/mol. The van der Waals surface area contributed by atoms with Crippen molar-refractivity contribution in [1.82, 2.24) is 19.9 Å². The monoisotopic (exact) mass is 424 g/mol. The average Bonchev–Trinajstić information content (AvgIpc) is 2.71. The highest BCUT2D eigenvalue weighted by atomic mass is 16.5. The van der Waals surface area contributed by atoms with Gasteiger partial charge in [0.25, 0.3) is 0 Å². The van der Waals surface area contributed by atoms with E-state index < -0.39 is 0 Å². The second kappa shape index (κ2) is 6.83. The van der Waals surface area contributed by atoms with Crippen molar-refractivity contribution in [3.8, 4) is 34.1 Å². The fourth-order valence-corrected chi connectivity index (χ4v) is 3.96. The van der Waals surface area contributed by atoms with Gasteiger partial charge in [0.05, 0.1) is 0 Å². The molecule has 3 heterocycles. The molecule has 5 nitrogen and oxygen atoms in total. The normalized spacial score (nSPS) is 13.1. The van der Waals surface area contributed by atoms with E-state index in [1.54, 1.807) is 0 Å². The van der Waals surface area contributed by atoms with Crippen molar-refractivity contribution in [1.29, 1.82) is 0 Å². The first-order valence-corrected chi connectivity index (χ1v) is 11.0. The molecule has 0 atom stereocenters. The van der Waals surface area contributed by atoms with Crippen molar-refractivity contribution in [3.05, 3.63) is 59.8 Å². The van der Waals surface area contributed by atoms with Crippen LogP contribution in [0.15, 0.2) is 42.6 Å². The van der Waals surface area contributed by atoms with Gasteiger partial charge in [-0.15, -0.1) is 0 Å². The maximum atomic E-state index is 6.31. The van der Waals surface area contributed by atoms with E-state index in [2.05, 4.69) is 66.7 Å². The van der Waals surface area contributed by atoms with Gasteiger partial charge in [0.15, 0.2) is 11.6 Å². The molecule has 1 aliphatic rings. The number of ether oxygens (including phenoxy) is 1. The summed E-state index contributed by atoms with van der Waals surface area (Å²) in [7, 11) is 0. The van der Waals surface area contributed by atoms with Crippen LogP contribution in [0, 0.1) is 6.92 Å². The van der Waals surface area contributed by atoms with Crippen LogP contribution in [0.4, 0.5) is 0 Å². The van der Waals surface area contributed by atoms with Crippen LogP contribution >= 0.6 is 0 Å². The molecule has 0 radical (unpaired) electrons. The highest BCUT2D eigenvalue weighted by Crippen LogP contribution is 2.46. The molecule has 2 aromatic heterocycles. The van der Waals surface area contributed by atoms with Gasteiger partial charge in [0, 0.05) is 33.5 Å². The van der Waals surface area contributed by atoms with Crippen molar-refractivity contribution in [2.24, 2.45) is 0 Å². The van der Waals surface area contributed by atoms with Gasteiger partial charge in [-0.25, -0.2) is 15.0 Å². The smallest absolute Gasteiger partial charge is 0.165 e. The van der Waals surface area contributed by atoms with E-state index >= 15 is 0 Å². The van der Waals surface area contributed by atoms with Gasteiger partial charge in [-0.2, -0.15) is 0 Å². The van der Waals surface area contributed by atoms with Crippen molar-refractivity contribution in [3.63, 3.8) is 0 Å². The lowest BCUT2D eigenvalue weighted by Crippen LogP contribution is -2.24. The van der Waals surface area contributed by atoms with Crippen LogP contribution in [0.25, 0.3) is 33.4 Å². The number of hydrogen-bond acceptors (Lipinski definition) is 5. The lowest BCUT2D eigenvalue weighted by Gasteiger charge is -2.23. The summed E-state index contributed by atoms with van der Waals surface area (Å²) < 4.78 is 6.31. The number of benzene rings is 2. The topological polar surface area (TPSA) is 60.8 Å². The van der Waals surface area contributed by atoms with Crippen molar-refractivity contribution in [2.45, 2.75) is 59.3 Å². The van der Waals surface area contributed by atoms with Gasteiger partial charge < -0.3 is 4.74 Å². The van der Waals surface area contributed by atoms with Crippen LogP contribution in [-0.2, 0) is 10.8 Å². The molecule has 0 N–H and O–H groups in total. The van der Waals surface area contributed by atoms with Crippen LogP contribution in [0.1, 0.15) is 58.8 Å². The number of nitrogens with zero attached hydrogens (tertiary/aromatic N) is 4. The Kier molecular flexibility index (Phi) is 4.39. The van der Waals surface area contributed by atoms with E-state index in [0.29, 0.717) is 5.82 Å². The lowest BCUT2D eigenvalue weighted by molar-refractivity contribution is 0.484. The van der Waals surface area contributed by atoms with Crippen molar-refractivity contribution >= 4 is 10.8 Å². The molecule has 5 heteroatoms. The largest absolute Gasteiger partial charge is 0.454 e. The first kappa shape index (κ1) is 20.6. The third-order valence-corrected chi connectivity index (χ3v) is 5.65. The fourth-order valence-electron chi connectivity index (χ4n) is 3.96. The summed E-state index contributed by atoms with van der Waals surface area (Å²) in [5.74, 6) is 3.75. The molecule has 0 fully saturated rings. The summed E-state index contributed by atoms with van der Waals surface area (Å²) in [6.07, 6.45) is 1.85. The summed E-state index contributed by atoms with van der Waals surface area (Å²) in [5, 5.41) is 2.27. The molecule has 1 aliphatic heterocycles. The van der Waals surface area contributed by atoms with E-state index in [9.17, 15) is 0 Å². The third-order valence-electron chi connectivity index (χ3n) is 5.65. The molecule has 0 unspecified atom stereocenters. The summed E-state index contributed by atoms with van der Waals surface area (Å²) in [6, 6.07) is 12.5. The number of hydrogen-bond donors (Lipinski definition) is 0. The third kappa shape index (κ3) is 3.42. The predicted octanol–water partition coefficient (Wildman–Crippen LogP) is 6.76. The lowest BCUT2D eigenvalue weighted by atomic mass is 9.93. The van der Waals surface area contributed by atoms with E-state index in [4.69, 9.17) is 24.7 Å². The summed E-state index contributed by atoms with van der Waals surface area (Å²) >= 11 is 0. The van der Waals surface area contributed by atoms with Gasteiger partial charge >= 0.3 is 0 Å². The van der Waals surface area contributed by atoms with E-state index in [0.717, 1.165) is 50.7 Å². The molecule has 0 aliphatic carbocycles. The van der Waals surface area contributed by atoms with Gasteiger partial charge in [0.2, 0.25) is 0 Å². The minimum Gasteiger partial charge on any atom is -0.454 e. The molecule has 0 saturated heterocycles. The number of rotatable bonds is 1. The zero-order valence-corrected chi connectivity index (χ0v) is 19.7. The maximum Gasteiger partial charge on any atom is 0.165 e. The molecule has 32 heavy (non-hydrogen) atoms. The fraction of sp³-hybridized carbons (Fsp3) is 0.333. The standard InChI is InChI=1S/C27H28N4O/c1-15-11-16-9-8-10-19-21(16)18(12-15)22-20(32-19)13-17(14-28-22)23-29-24(26(2,3)4)31-25(30-23)27(5,6)7/h8-14H,1-7H3. The van der Waals surface area contributed by atoms with Gasteiger partial charge in [0.1, 0.15) is 23.1 Å². The molecule has 0 bridgehead atoms. The quantitative estimate of drug-likeness (QED) is 0.297. The highest BCUT2D eigenvalue weighted by molar-refractivity contribution is 6.03. The van der Waals surface area contributed by atoms with Crippen LogP contribution in [0.5, 0.6) is 11.5 Å². The van der Waals surface area contributed by atoms with Gasteiger partial charge in [-0.05, 0) is 36.1 Å². The first-order valence-electron chi connectivity index (χ1n) is 11.0. The number of pyridine rings is 1. The molecule has 0 spiro atoms. The Bertz CT molecular complexity index is 1350. The minimum absolute atomic E-state index is 0.193. The summed E-state index contributed by atoms with van der Waals surface area (Å²) in [6.45, 7) is 14.8. The van der Waals surface area contributed by atoms with Crippen LogP contribution in [-0.4, -0.2) is 19.9 Å². The Labute approximate surface area is 188 Å². The van der Waals surface area contributed by atoms with Crippen LogP contribution in [0.3, 0.4) is 0 Å². The maximum absolute atomic E-state index is 6.31. The zero-order valence-electron chi connectivity index (χ0n) is 19.7. The minimum atomic E-state index is -0.193. The number of aromatic nitrogens is 4. The van der Waals surface area contributed by atoms with Crippen LogP contribution < -0.4 is 4.74 Å². The Hall–Kier alpha value is -3.34. The molecular formula is C27H28N4O. The Morgan fingerprint density at radius 2 is 1.47 bits per heavy atom. The molecular weight excluding hydrogens is 396 g/mol. The highest BCUT2D eigenvalue weighted by Gasteiger charge is 2.27. The summed E-state index contributed by atoms with van der Waals surface area (Å²) in [5.41, 5.74) is 3.59. The first-order chi connectivity index (χ1) is 15.0. The Balaban J connectivity index is 1.69. The zero-order chi connectivity index (χ0) is 22.8. The van der Waals surface area contributed by atoms with Crippen LogP contribution in [0.2, 0.25) is 0 Å². The predicted molar refractivity (Wildman–Crippen MR) is 128 cm³/mol. The Morgan fingerprint density at radius 3 is 2.12 bits per heavy atom. The second-order valence-electron chi connectivity index (χ2n) is 10.6. The SMILES string of the molecule is Cc1cc2c3c(cccc3c1)Oc1cc(-c3nc(C(C)(C)C)nc(C(C)(C)C)n3)cnc1-2. The molecule has 5 rings (SSSR count). The van der Waals surface area contributed by atoms with E-state index in [1.807, 2.05) is 24.4 Å². The van der Waals surface area contributed by atoms with Gasteiger partial charge in [-0.3, -0.25) is 4.98 Å². The van der Waals surface area contributed by atoms with E-state index in [1.165, 1.54) is 5.56 Å². The molecule has 162 valence electrons. The number of fused-ring (bicyclic) bond motifs is 2. The molecule has 0 amide bonds. The van der Waals surface area contributed by atoms with Gasteiger partial charge in [-0.1, -0.05) is 59.7 Å².